The molecule has 31 heavy (non-hydrogen) atoms. The van der Waals surface area contributed by atoms with Gasteiger partial charge in [-0.15, -0.1) is 6.58 Å². The molecule has 0 spiro atoms. The SMILES string of the molecule is C.C=CC.CC.c1ccc(N(c2ccccc2)c2ccc(-c3ccccn3)cc2)cc1. The highest BCUT2D eigenvalue weighted by atomic mass is 15.1. The van der Waals surface area contributed by atoms with Gasteiger partial charge in [-0.2, -0.15) is 0 Å². The zero-order chi connectivity index (χ0) is 21.6. The second-order valence-corrected chi connectivity index (χ2v) is 6.18. The average molecular weight is 411 g/mol. The first-order chi connectivity index (χ1) is 14.8. The molecule has 0 aliphatic rings. The Kier molecular flexibility index (Phi) is 11.8. The Morgan fingerprint density at radius 3 is 1.48 bits per heavy atom. The van der Waals surface area contributed by atoms with Crippen molar-refractivity contribution in [2.75, 3.05) is 4.90 Å². The predicted octanol–water partition coefficient (Wildman–Crippen LogP) is 9.07. The number of anilines is 3. The van der Waals surface area contributed by atoms with Gasteiger partial charge in [-0.25, -0.2) is 0 Å². The van der Waals surface area contributed by atoms with Crippen molar-refractivity contribution in [3.63, 3.8) is 0 Å². The lowest BCUT2D eigenvalue weighted by Crippen LogP contribution is -2.09. The molecule has 0 atom stereocenters. The summed E-state index contributed by atoms with van der Waals surface area (Å²) >= 11 is 0. The summed E-state index contributed by atoms with van der Waals surface area (Å²) in [7, 11) is 0. The van der Waals surface area contributed by atoms with Crippen LogP contribution in [-0.4, -0.2) is 4.98 Å². The van der Waals surface area contributed by atoms with Crippen LogP contribution in [0.4, 0.5) is 17.1 Å². The maximum Gasteiger partial charge on any atom is 0.0701 e. The van der Waals surface area contributed by atoms with E-state index in [-0.39, 0.29) is 7.43 Å². The summed E-state index contributed by atoms with van der Waals surface area (Å²) in [6, 6.07) is 35.3. The normalized spacial score (nSPS) is 9.00. The molecule has 3 aromatic carbocycles. The molecule has 0 saturated heterocycles. The van der Waals surface area contributed by atoms with Crippen LogP contribution < -0.4 is 4.90 Å². The molecule has 160 valence electrons. The molecule has 0 N–H and O–H groups in total. The minimum Gasteiger partial charge on any atom is -0.311 e. The third-order valence-electron chi connectivity index (χ3n) is 4.11. The quantitative estimate of drug-likeness (QED) is 0.312. The molecule has 0 bridgehead atoms. The summed E-state index contributed by atoms with van der Waals surface area (Å²) in [5, 5.41) is 0. The van der Waals surface area contributed by atoms with Gasteiger partial charge < -0.3 is 4.90 Å². The molecule has 0 saturated carbocycles. The van der Waals surface area contributed by atoms with Crippen molar-refractivity contribution in [3.05, 3.63) is 122 Å². The Morgan fingerprint density at radius 2 is 1.06 bits per heavy atom. The van der Waals surface area contributed by atoms with Crippen LogP contribution in [0, 0.1) is 0 Å². The van der Waals surface area contributed by atoms with E-state index in [1.54, 1.807) is 6.08 Å². The zero-order valence-electron chi connectivity index (χ0n) is 18.1. The largest absolute Gasteiger partial charge is 0.311 e. The molecule has 1 aromatic heterocycles. The monoisotopic (exact) mass is 410 g/mol. The number of hydrogen-bond donors (Lipinski definition) is 0. The maximum atomic E-state index is 4.43. The number of allylic oxidation sites excluding steroid dienone is 1. The van der Waals surface area contributed by atoms with Crippen molar-refractivity contribution in [2.24, 2.45) is 0 Å². The van der Waals surface area contributed by atoms with Crippen LogP contribution in [0.15, 0.2) is 122 Å². The van der Waals surface area contributed by atoms with Gasteiger partial charge in [0.1, 0.15) is 0 Å². The Balaban J connectivity index is 0.000000740. The van der Waals surface area contributed by atoms with E-state index in [1.165, 1.54) is 0 Å². The van der Waals surface area contributed by atoms with Crippen LogP contribution in [0.1, 0.15) is 28.2 Å². The van der Waals surface area contributed by atoms with Gasteiger partial charge in [0.2, 0.25) is 0 Å². The lowest BCUT2D eigenvalue weighted by molar-refractivity contribution is 1.28. The van der Waals surface area contributed by atoms with E-state index in [1.807, 2.05) is 57.3 Å². The third kappa shape index (κ3) is 7.27. The Morgan fingerprint density at radius 1 is 0.645 bits per heavy atom. The second kappa shape index (κ2) is 14.4. The number of hydrogen-bond acceptors (Lipinski definition) is 2. The van der Waals surface area contributed by atoms with Gasteiger partial charge in [0.05, 0.1) is 5.69 Å². The zero-order valence-corrected chi connectivity index (χ0v) is 18.1. The van der Waals surface area contributed by atoms with Crippen LogP contribution in [0.3, 0.4) is 0 Å². The van der Waals surface area contributed by atoms with E-state index in [9.17, 15) is 0 Å². The highest BCUT2D eigenvalue weighted by Crippen LogP contribution is 2.34. The first kappa shape index (κ1) is 25.4. The fourth-order valence-corrected chi connectivity index (χ4v) is 2.92. The molecule has 0 unspecified atom stereocenters. The van der Waals surface area contributed by atoms with Crippen molar-refractivity contribution >= 4 is 17.1 Å². The highest BCUT2D eigenvalue weighted by molar-refractivity contribution is 5.77. The molecule has 0 aliphatic carbocycles. The van der Waals surface area contributed by atoms with E-state index in [0.29, 0.717) is 0 Å². The van der Waals surface area contributed by atoms with E-state index >= 15 is 0 Å². The summed E-state index contributed by atoms with van der Waals surface area (Å²) in [6.45, 7) is 9.25. The van der Waals surface area contributed by atoms with Crippen molar-refractivity contribution in [2.45, 2.75) is 28.2 Å². The summed E-state index contributed by atoms with van der Waals surface area (Å²) in [4.78, 5) is 6.68. The van der Waals surface area contributed by atoms with Crippen LogP contribution in [0.2, 0.25) is 0 Å². The number of rotatable bonds is 4. The maximum absolute atomic E-state index is 4.43. The minimum absolute atomic E-state index is 0. The molecule has 0 fully saturated rings. The smallest absolute Gasteiger partial charge is 0.0701 e. The molecule has 0 amide bonds. The van der Waals surface area contributed by atoms with E-state index < -0.39 is 0 Å². The average Bonchev–Trinajstić information content (AvgIpc) is 2.84. The van der Waals surface area contributed by atoms with Crippen LogP contribution in [0.25, 0.3) is 11.3 Å². The first-order valence-electron chi connectivity index (χ1n) is 10.3. The Bertz CT molecular complexity index is 924. The van der Waals surface area contributed by atoms with E-state index in [2.05, 4.69) is 89.3 Å². The number of aromatic nitrogens is 1. The fourth-order valence-electron chi connectivity index (χ4n) is 2.92. The van der Waals surface area contributed by atoms with Gasteiger partial charge in [-0.3, -0.25) is 4.98 Å². The molecule has 0 radical (unpaired) electrons. The molecule has 4 rings (SSSR count). The van der Waals surface area contributed by atoms with Crippen molar-refractivity contribution < 1.29 is 0 Å². The molecule has 0 aliphatic heterocycles. The number of benzene rings is 3. The first-order valence-corrected chi connectivity index (χ1v) is 10.3. The molecule has 2 nitrogen and oxygen atoms in total. The lowest BCUT2D eigenvalue weighted by atomic mass is 10.1. The Labute approximate surface area is 188 Å². The van der Waals surface area contributed by atoms with Gasteiger partial charge in [-0.05, 0) is 55.5 Å². The van der Waals surface area contributed by atoms with E-state index in [4.69, 9.17) is 0 Å². The lowest BCUT2D eigenvalue weighted by Gasteiger charge is -2.25. The van der Waals surface area contributed by atoms with Gasteiger partial charge in [0, 0.05) is 28.8 Å². The molecule has 2 heteroatoms. The summed E-state index contributed by atoms with van der Waals surface area (Å²) in [5.74, 6) is 0. The number of nitrogens with zero attached hydrogens (tertiary/aromatic N) is 2. The van der Waals surface area contributed by atoms with Crippen LogP contribution in [-0.2, 0) is 0 Å². The van der Waals surface area contributed by atoms with Gasteiger partial charge in [0.15, 0.2) is 0 Å². The molecule has 1 heterocycles. The summed E-state index contributed by atoms with van der Waals surface area (Å²) < 4.78 is 0. The second-order valence-electron chi connectivity index (χ2n) is 6.18. The van der Waals surface area contributed by atoms with Crippen LogP contribution in [0.5, 0.6) is 0 Å². The third-order valence-corrected chi connectivity index (χ3v) is 4.11. The predicted molar refractivity (Wildman–Crippen MR) is 138 cm³/mol. The van der Waals surface area contributed by atoms with Crippen molar-refractivity contribution in [1.82, 2.24) is 4.98 Å². The number of para-hydroxylation sites is 2. The minimum atomic E-state index is 0. The number of pyridine rings is 1. The standard InChI is InChI=1S/C23H18N2.C3H6.C2H6.CH4/c1-3-9-20(10-4-1)25(21-11-5-2-6-12-21)22-16-14-19(15-17-22)23-13-7-8-18-24-23;1-3-2;1-2;/h1-18H;3H,1H2,2H3;1-2H3;1H4. The van der Waals surface area contributed by atoms with Crippen molar-refractivity contribution in [1.29, 1.82) is 0 Å². The van der Waals surface area contributed by atoms with Crippen molar-refractivity contribution in [3.8, 4) is 11.3 Å². The molecular formula is C29H34N2. The summed E-state index contributed by atoms with van der Waals surface area (Å²) in [5.41, 5.74) is 5.50. The highest BCUT2D eigenvalue weighted by Gasteiger charge is 2.11. The molecule has 4 aromatic rings. The Hall–Kier alpha value is -3.65. The topological polar surface area (TPSA) is 16.1 Å². The van der Waals surface area contributed by atoms with E-state index in [0.717, 1.165) is 28.3 Å². The fraction of sp³-hybridized carbons (Fsp3) is 0.138. The molecular weight excluding hydrogens is 376 g/mol. The van der Waals surface area contributed by atoms with Gasteiger partial charge in [0.25, 0.3) is 0 Å². The summed E-state index contributed by atoms with van der Waals surface area (Å²) in [6.07, 6.45) is 3.57. The van der Waals surface area contributed by atoms with Gasteiger partial charge >= 0.3 is 0 Å². The van der Waals surface area contributed by atoms with Crippen LogP contribution >= 0.6 is 0 Å². The van der Waals surface area contributed by atoms with Gasteiger partial charge in [-0.1, -0.05) is 81.9 Å².